The van der Waals surface area contributed by atoms with Gasteiger partial charge < -0.3 is 14.7 Å². The van der Waals surface area contributed by atoms with Crippen molar-refractivity contribution in [2.24, 2.45) is 0 Å². The predicted octanol–water partition coefficient (Wildman–Crippen LogP) is 4.87. The molecule has 5 heteroatoms. The van der Waals surface area contributed by atoms with Crippen LogP contribution in [0, 0.1) is 0 Å². The highest BCUT2D eigenvalue weighted by Crippen LogP contribution is 2.40. The number of nitrogens with zero attached hydrogens (tertiary/aromatic N) is 1. The first kappa shape index (κ1) is 21.6. The standard InChI is InChI=1S/C25H29NO4/c1-4-7-16-26-22(18-12-14-20(15-13-18)30-6-3)21(24(28)25(26)29)23(27)19-10-8-17(5-2)9-11-19/h8-15,22,27H,4-7,16H2,1-3H3/b23-21-. The number of amides is 1. The third-order valence-electron chi connectivity index (χ3n) is 5.43. The van der Waals surface area contributed by atoms with Crippen molar-refractivity contribution in [2.45, 2.75) is 46.1 Å². The van der Waals surface area contributed by atoms with E-state index in [1.165, 1.54) is 0 Å². The monoisotopic (exact) mass is 407 g/mol. The van der Waals surface area contributed by atoms with E-state index in [2.05, 4.69) is 6.92 Å². The van der Waals surface area contributed by atoms with Gasteiger partial charge in [-0.15, -0.1) is 0 Å². The first-order valence-corrected chi connectivity index (χ1v) is 10.6. The number of ketones is 1. The molecule has 0 aromatic heterocycles. The molecule has 0 bridgehead atoms. The number of aliphatic hydroxyl groups excluding tert-OH is 1. The molecule has 1 aliphatic rings. The van der Waals surface area contributed by atoms with Gasteiger partial charge in [0.25, 0.3) is 11.7 Å². The Morgan fingerprint density at radius 3 is 2.23 bits per heavy atom. The van der Waals surface area contributed by atoms with Gasteiger partial charge >= 0.3 is 0 Å². The summed E-state index contributed by atoms with van der Waals surface area (Å²) in [5, 5.41) is 11.0. The lowest BCUT2D eigenvalue weighted by Gasteiger charge is -2.25. The molecule has 1 atom stereocenters. The number of benzene rings is 2. The number of rotatable bonds is 8. The SMILES string of the molecule is CCCCN1C(=O)C(=O)/C(=C(\O)c2ccc(CC)cc2)C1c1ccc(OCC)cc1. The summed E-state index contributed by atoms with van der Waals surface area (Å²) in [4.78, 5) is 27.3. The zero-order valence-electron chi connectivity index (χ0n) is 17.9. The Labute approximate surface area is 178 Å². The lowest BCUT2D eigenvalue weighted by atomic mass is 9.94. The van der Waals surface area contributed by atoms with Crippen molar-refractivity contribution < 1.29 is 19.4 Å². The summed E-state index contributed by atoms with van der Waals surface area (Å²) in [7, 11) is 0. The zero-order chi connectivity index (χ0) is 21.7. The van der Waals surface area contributed by atoms with Gasteiger partial charge in [-0.2, -0.15) is 0 Å². The molecular formula is C25H29NO4. The summed E-state index contributed by atoms with van der Waals surface area (Å²) < 4.78 is 5.51. The lowest BCUT2D eigenvalue weighted by Crippen LogP contribution is -2.30. The van der Waals surface area contributed by atoms with Gasteiger partial charge in [-0.1, -0.05) is 56.7 Å². The molecule has 3 rings (SSSR count). The molecule has 1 N–H and O–H groups in total. The molecule has 5 nitrogen and oxygen atoms in total. The molecule has 0 spiro atoms. The molecule has 1 saturated heterocycles. The van der Waals surface area contributed by atoms with Crippen LogP contribution in [0.4, 0.5) is 0 Å². The normalized spacial score (nSPS) is 18.1. The molecule has 1 heterocycles. The van der Waals surface area contributed by atoms with Gasteiger partial charge in [-0.05, 0) is 43.0 Å². The summed E-state index contributed by atoms with van der Waals surface area (Å²) >= 11 is 0. The van der Waals surface area contributed by atoms with Crippen LogP contribution in [-0.4, -0.2) is 34.8 Å². The number of unbranched alkanes of at least 4 members (excludes halogenated alkanes) is 1. The van der Waals surface area contributed by atoms with Crippen LogP contribution in [0.3, 0.4) is 0 Å². The van der Waals surface area contributed by atoms with E-state index in [1.807, 2.05) is 50.2 Å². The Morgan fingerprint density at radius 2 is 1.67 bits per heavy atom. The molecular weight excluding hydrogens is 378 g/mol. The van der Waals surface area contributed by atoms with Crippen molar-refractivity contribution in [3.8, 4) is 5.75 Å². The van der Waals surface area contributed by atoms with Crippen molar-refractivity contribution in [1.29, 1.82) is 0 Å². The molecule has 0 radical (unpaired) electrons. The van der Waals surface area contributed by atoms with E-state index in [0.717, 1.165) is 36.1 Å². The van der Waals surface area contributed by atoms with E-state index in [9.17, 15) is 14.7 Å². The minimum Gasteiger partial charge on any atom is -0.507 e. The summed E-state index contributed by atoms with van der Waals surface area (Å²) in [6.07, 6.45) is 2.57. The molecule has 1 aliphatic heterocycles. The Morgan fingerprint density at radius 1 is 1.00 bits per heavy atom. The van der Waals surface area contributed by atoms with Crippen molar-refractivity contribution in [3.05, 3.63) is 70.8 Å². The summed E-state index contributed by atoms with van der Waals surface area (Å²) in [6, 6.07) is 14.2. The quantitative estimate of drug-likeness (QED) is 0.385. The maximum atomic E-state index is 12.9. The molecule has 1 amide bonds. The van der Waals surface area contributed by atoms with Crippen LogP contribution in [0.15, 0.2) is 54.1 Å². The van der Waals surface area contributed by atoms with Crippen LogP contribution >= 0.6 is 0 Å². The Balaban J connectivity index is 2.09. The number of aliphatic hydroxyl groups is 1. The Kier molecular flexibility index (Phi) is 6.93. The van der Waals surface area contributed by atoms with E-state index in [4.69, 9.17) is 4.74 Å². The number of carbonyl (C=O) groups is 2. The molecule has 30 heavy (non-hydrogen) atoms. The fourth-order valence-electron chi connectivity index (χ4n) is 3.75. The number of aryl methyl sites for hydroxylation is 1. The van der Waals surface area contributed by atoms with Crippen molar-refractivity contribution in [3.63, 3.8) is 0 Å². The Bertz CT molecular complexity index is 929. The Hall–Kier alpha value is -3.08. The van der Waals surface area contributed by atoms with E-state index >= 15 is 0 Å². The summed E-state index contributed by atoms with van der Waals surface area (Å²) in [5.74, 6) is -0.605. The summed E-state index contributed by atoms with van der Waals surface area (Å²) in [6.45, 7) is 7.03. The van der Waals surface area contributed by atoms with Gasteiger partial charge in [-0.25, -0.2) is 0 Å². The molecule has 2 aromatic rings. The highest BCUT2D eigenvalue weighted by Gasteiger charge is 2.45. The summed E-state index contributed by atoms with van der Waals surface area (Å²) in [5.41, 5.74) is 2.60. The molecule has 1 unspecified atom stereocenters. The number of likely N-dealkylation sites (tertiary alicyclic amines) is 1. The second-order valence-electron chi connectivity index (χ2n) is 7.40. The van der Waals surface area contributed by atoms with Crippen LogP contribution in [0.1, 0.15) is 56.3 Å². The number of hydrogen-bond donors (Lipinski definition) is 1. The predicted molar refractivity (Wildman–Crippen MR) is 117 cm³/mol. The fraction of sp³-hybridized carbons (Fsp3) is 0.360. The second-order valence-corrected chi connectivity index (χ2v) is 7.40. The van der Waals surface area contributed by atoms with Crippen LogP contribution in [0.2, 0.25) is 0 Å². The molecule has 0 aliphatic carbocycles. The van der Waals surface area contributed by atoms with E-state index in [1.54, 1.807) is 17.0 Å². The van der Waals surface area contributed by atoms with Gasteiger partial charge in [0, 0.05) is 12.1 Å². The second kappa shape index (κ2) is 9.61. The smallest absolute Gasteiger partial charge is 0.295 e. The van der Waals surface area contributed by atoms with E-state index in [0.29, 0.717) is 18.7 Å². The van der Waals surface area contributed by atoms with Gasteiger partial charge in [0.1, 0.15) is 11.5 Å². The van der Waals surface area contributed by atoms with Crippen molar-refractivity contribution in [1.82, 2.24) is 4.90 Å². The third kappa shape index (κ3) is 4.25. The van der Waals surface area contributed by atoms with Crippen LogP contribution in [-0.2, 0) is 16.0 Å². The minimum absolute atomic E-state index is 0.131. The van der Waals surface area contributed by atoms with E-state index in [-0.39, 0.29) is 11.3 Å². The van der Waals surface area contributed by atoms with Crippen LogP contribution in [0.25, 0.3) is 5.76 Å². The average Bonchev–Trinajstić information content (AvgIpc) is 3.02. The van der Waals surface area contributed by atoms with E-state index < -0.39 is 17.7 Å². The first-order valence-electron chi connectivity index (χ1n) is 10.6. The van der Waals surface area contributed by atoms with Gasteiger partial charge in [0.2, 0.25) is 0 Å². The number of Topliss-reactive ketones (excluding diaryl/α,β-unsaturated/α-hetero) is 1. The maximum Gasteiger partial charge on any atom is 0.295 e. The largest absolute Gasteiger partial charge is 0.507 e. The van der Waals surface area contributed by atoms with Crippen molar-refractivity contribution >= 4 is 17.4 Å². The maximum absolute atomic E-state index is 12.9. The molecule has 2 aromatic carbocycles. The molecule has 158 valence electrons. The molecule has 1 fully saturated rings. The number of carbonyl (C=O) groups excluding carboxylic acids is 2. The average molecular weight is 408 g/mol. The fourth-order valence-corrected chi connectivity index (χ4v) is 3.75. The van der Waals surface area contributed by atoms with Crippen molar-refractivity contribution in [2.75, 3.05) is 13.2 Å². The number of hydrogen-bond acceptors (Lipinski definition) is 4. The van der Waals surface area contributed by atoms with Crippen LogP contribution < -0.4 is 4.74 Å². The third-order valence-corrected chi connectivity index (χ3v) is 5.43. The molecule has 0 saturated carbocycles. The first-order chi connectivity index (χ1) is 14.5. The van der Waals surface area contributed by atoms with Gasteiger partial charge in [0.15, 0.2) is 0 Å². The van der Waals surface area contributed by atoms with Gasteiger partial charge in [-0.3, -0.25) is 9.59 Å². The topological polar surface area (TPSA) is 66.8 Å². The zero-order valence-corrected chi connectivity index (χ0v) is 17.9. The lowest BCUT2D eigenvalue weighted by molar-refractivity contribution is -0.139. The van der Waals surface area contributed by atoms with Gasteiger partial charge in [0.05, 0.1) is 18.2 Å². The van der Waals surface area contributed by atoms with Crippen LogP contribution in [0.5, 0.6) is 5.75 Å². The highest BCUT2D eigenvalue weighted by atomic mass is 16.5. The minimum atomic E-state index is -0.637. The number of ether oxygens (including phenoxy) is 1. The highest BCUT2D eigenvalue weighted by molar-refractivity contribution is 6.46.